The topological polar surface area (TPSA) is 53.8 Å². The molecule has 0 saturated heterocycles. The Hall–Kier alpha value is -3.29. The van der Waals surface area contributed by atoms with Gasteiger partial charge >= 0.3 is 6.18 Å². The monoisotopic (exact) mass is 387 g/mol. The van der Waals surface area contributed by atoms with Crippen molar-refractivity contribution in [1.29, 1.82) is 0 Å². The summed E-state index contributed by atoms with van der Waals surface area (Å²) in [6.45, 7) is 0. The van der Waals surface area contributed by atoms with Gasteiger partial charge in [-0.25, -0.2) is 9.82 Å². The molecule has 28 heavy (non-hydrogen) atoms. The van der Waals surface area contributed by atoms with Crippen molar-refractivity contribution in [3.63, 3.8) is 0 Å². The summed E-state index contributed by atoms with van der Waals surface area (Å²) in [4.78, 5) is 16.7. The highest BCUT2D eigenvalue weighted by Gasteiger charge is 2.38. The molecule has 0 aliphatic carbocycles. The highest BCUT2D eigenvalue weighted by atomic mass is 19.4. The van der Waals surface area contributed by atoms with Gasteiger partial charge in [-0.2, -0.15) is 18.3 Å². The number of nitrogens with one attached hydrogen (secondary N) is 1. The number of rotatable bonds is 2. The molecule has 1 amide bonds. The summed E-state index contributed by atoms with van der Waals surface area (Å²) in [6, 6.07) is 9.74. The first-order valence-corrected chi connectivity index (χ1v) is 8.39. The number of benzene rings is 2. The highest BCUT2D eigenvalue weighted by Crippen LogP contribution is 2.32. The Morgan fingerprint density at radius 3 is 2.46 bits per heavy atom. The number of carbonyl (C=O) groups excluding carboxylic acids is 1. The Balaban J connectivity index is 1.69. The lowest BCUT2D eigenvalue weighted by molar-refractivity contribution is -0.137. The maximum Gasteiger partial charge on any atom is 0.416 e. The van der Waals surface area contributed by atoms with Crippen LogP contribution < -0.4 is 5.43 Å². The van der Waals surface area contributed by atoms with E-state index in [2.05, 4.69) is 15.5 Å². The Labute approximate surface area is 157 Å². The number of hydrogen-bond donors (Lipinski definition) is 1. The van der Waals surface area contributed by atoms with Crippen LogP contribution in [-0.4, -0.2) is 23.9 Å². The number of hydrazone groups is 1. The van der Waals surface area contributed by atoms with Crippen molar-refractivity contribution >= 4 is 23.4 Å². The Kier molecular flexibility index (Phi) is 4.33. The zero-order valence-electron chi connectivity index (χ0n) is 14.2. The van der Waals surface area contributed by atoms with E-state index in [1.54, 1.807) is 18.2 Å². The Morgan fingerprint density at radius 1 is 1.00 bits per heavy atom. The second kappa shape index (κ2) is 6.70. The molecule has 142 valence electrons. The average Bonchev–Trinajstić information content (AvgIpc) is 2.68. The van der Waals surface area contributed by atoms with E-state index >= 15 is 0 Å². The van der Waals surface area contributed by atoms with Crippen LogP contribution in [0.15, 0.2) is 64.7 Å². The molecule has 2 aliphatic rings. The number of carbonyl (C=O) groups is 1. The van der Waals surface area contributed by atoms with E-state index in [0.29, 0.717) is 11.1 Å². The van der Waals surface area contributed by atoms with Crippen LogP contribution in [0.2, 0.25) is 0 Å². The fourth-order valence-corrected chi connectivity index (χ4v) is 3.20. The third-order valence-electron chi connectivity index (χ3n) is 4.61. The van der Waals surface area contributed by atoms with E-state index in [1.165, 1.54) is 30.5 Å². The van der Waals surface area contributed by atoms with Gasteiger partial charge in [0.15, 0.2) is 0 Å². The molecule has 4 rings (SSSR count). The van der Waals surface area contributed by atoms with Gasteiger partial charge < -0.3 is 0 Å². The average molecular weight is 387 g/mol. The van der Waals surface area contributed by atoms with Crippen LogP contribution in [0, 0.1) is 11.7 Å². The predicted octanol–water partition coefficient (Wildman–Crippen LogP) is 3.83. The summed E-state index contributed by atoms with van der Waals surface area (Å²) in [7, 11) is 0. The molecule has 2 aromatic carbocycles. The van der Waals surface area contributed by atoms with Gasteiger partial charge in [-0.15, -0.1) is 0 Å². The summed E-state index contributed by atoms with van der Waals surface area (Å²) < 4.78 is 52.2. The predicted molar refractivity (Wildman–Crippen MR) is 96.3 cm³/mol. The zero-order valence-corrected chi connectivity index (χ0v) is 14.2. The standard InChI is InChI=1S/C20H13F4N3O/c21-15-6-4-11(5-7-15)13-9-16-18(25-10-13)17(26-27-19(16)28)12-2-1-3-14(8-12)20(22,23)24/h1-10,16,18H,(H,27,28). The maximum absolute atomic E-state index is 13.1. The van der Waals surface area contributed by atoms with Crippen molar-refractivity contribution in [3.05, 3.63) is 77.1 Å². The fraction of sp³-hybridized carbons (Fsp3) is 0.150. The van der Waals surface area contributed by atoms with E-state index < -0.39 is 29.6 Å². The van der Waals surface area contributed by atoms with Crippen LogP contribution >= 0.6 is 0 Å². The molecule has 0 saturated carbocycles. The van der Waals surface area contributed by atoms with Gasteiger partial charge in [-0.3, -0.25) is 9.79 Å². The minimum Gasteiger partial charge on any atom is -0.282 e. The first-order valence-electron chi connectivity index (χ1n) is 8.39. The first-order chi connectivity index (χ1) is 13.3. The van der Waals surface area contributed by atoms with Gasteiger partial charge in [0.25, 0.3) is 0 Å². The van der Waals surface area contributed by atoms with Gasteiger partial charge in [0.1, 0.15) is 11.9 Å². The lowest BCUT2D eigenvalue weighted by Gasteiger charge is -2.29. The van der Waals surface area contributed by atoms with Gasteiger partial charge in [0.05, 0.1) is 17.2 Å². The van der Waals surface area contributed by atoms with Crippen LogP contribution in [-0.2, 0) is 11.0 Å². The number of allylic oxidation sites excluding steroid dienone is 1. The zero-order chi connectivity index (χ0) is 19.9. The summed E-state index contributed by atoms with van der Waals surface area (Å²) >= 11 is 0. The van der Waals surface area contributed by atoms with Crippen LogP contribution in [0.3, 0.4) is 0 Å². The number of halogens is 4. The van der Waals surface area contributed by atoms with E-state index in [-0.39, 0.29) is 17.1 Å². The summed E-state index contributed by atoms with van der Waals surface area (Å²) in [6.07, 6.45) is -1.29. The maximum atomic E-state index is 13.1. The molecular weight excluding hydrogens is 374 g/mol. The molecule has 0 spiro atoms. The molecule has 8 heteroatoms. The quantitative estimate of drug-likeness (QED) is 0.783. The number of nitrogens with zero attached hydrogens (tertiary/aromatic N) is 2. The van der Waals surface area contributed by atoms with Crippen molar-refractivity contribution in [2.45, 2.75) is 12.2 Å². The van der Waals surface area contributed by atoms with Crippen LogP contribution in [0.25, 0.3) is 5.57 Å². The number of fused-ring (bicyclic) bond motifs is 1. The second-order valence-corrected chi connectivity index (χ2v) is 6.43. The largest absolute Gasteiger partial charge is 0.416 e. The molecule has 2 atom stereocenters. The molecule has 0 aromatic heterocycles. The van der Waals surface area contributed by atoms with Crippen molar-refractivity contribution < 1.29 is 22.4 Å². The highest BCUT2D eigenvalue weighted by molar-refractivity contribution is 6.17. The van der Waals surface area contributed by atoms with Crippen LogP contribution in [0.4, 0.5) is 17.6 Å². The van der Waals surface area contributed by atoms with E-state index in [9.17, 15) is 22.4 Å². The summed E-state index contributed by atoms with van der Waals surface area (Å²) in [5.41, 5.74) is 3.35. The fourth-order valence-electron chi connectivity index (χ4n) is 3.20. The lowest BCUT2D eigenvalue weighted by atomic mass is 9.85. The minimum absolute atomic E-state index is 0.237. The molecule has 4 nitrogen and oxygen atoms in total. The molecular formula is C20H13F4N3O. The van der Waals surface area contributed by atoms with E-state index in [0.717, 1.165) is 12.1 Å². The second-order valence-electron chi connectivity index (χ2n) is 6.43. The van der Waals surface area contributed by atoms with Crippen molar-refractivity contribution in [3.8, 4) is 0 Å². The van der Waals surface area contributed by atoms with E-state index in [4.69, 9.17) is 0 Å². The number of amides is 1. The van der Waals surface area contributed by atoms with Gasteiger partial charge in [0.2, 0.25) is 5.91 Å². The van der Waals surface area contributed by atoms with E-state index in [1.807, 2.05) is 0 Å². The number of dihydropyridines is 1. The smallest absolute Gasteiger partial charge is 0.282 e. The van der Waals surface area contributed by atoms with Crippen molar-refractivity contribution in [1.82, 2.24) is 5.43 Å². The minimum atomic E-state index is -4.49. The number of alkyl halides is 3. The Morgan fingerprint density at radius 2 is 1.75 bits per heavy atom. The van der Waals surface area contributed by atoms with Crippen molar-refractivity contribution in [2.24, 2.45) is 16.0 Å². The van der Waals surface area contributed by atoms with Gasteiger partial charge in [-0.1, -0.05) is 30.3 Å². The van der Waals surface area contributed by atoms with Gasteiger partial charge in [0, 0.05) is 11.8 Å². The molecule has 0 bridgehead atoms. The van der Waals surface area contributed by atoms with Crippen molar-refractivity contribution in [2.75, 3.05) is 0 Å². The van der Waals surface area contributed by atoms with Crippen LogP contribution in [0.1, 0.15) is 16.7 Å². The van der Waals surface area contributed by atoms with Gasteiger partial charge in [-0.05, 0) is 35.4 Å². The van der Waals surface area contributed by atoms with Crippen LogP contribution in [0.5, 0.6) is 0 Å². The molecule has 2 aromatic rings. The number of aliphatic imine (C=N–C) groups is 1. The molecule has 2 aliphatic heterocycles. The molecule has 1 N–H and O–H groups in total. The third kappa shape index (κ3) is 3.33. The summed E-state index contributed by atoms with van der Waals surface area (Å²) in [5.74, 6) is -1.52. The third-order valence-corrected chi connectivity index (χ3v) is 4.61. The molecule has 2 heterocycles. The number of hydrogen-bond acceptors (Lipinski definition) is 3. The SMILES string of the molecule is O=C1NN=C(c2cccc(C(F)(F)F)c2)C2N=CC(c3ccc(F)cc3)=CC12. The first kappa shape index (κ1) is 18.1. The molecule has 0 radical (unpaired) electrons. The molecule has 0 fully saturated rings. The normalized spacial score (nSPS) is 21.5. The lowest BCUT2D eigenvalue weighted by Crippen LogP contribution is -2.45. The Bertz CT molecular complexity index is 1020. The molecule has 2 unspecified atom stereocenters. The summed E-state index contributed by atoms with van der Waals surface area (Å²) in [5, 5.41) is 3.95.